The van der Waals surface area contributed by atoms with Gasteiger partial charge in [0.2, 0.25) is 0 Å². The molecule has 0 unspecified atom stereocenters. The normalized spacial score (nSPS) is 15.9. The van der Waals surface area contributed by atoms with Crippen LogP contribution in [0.15, 0.2) is 67.0 Å². The summed E-state index contributed by atoms with van der Waals surface area (Å²) in [6, 6.07) is 14.9. The SMILES string of the molecule is Cc1c(NC(=O)c2ccc(C(C)(C)OC(=O)C(F)(F)F)cc2F)cc(F)cc1-c1ncnc2[nH]c(-c3ccc(OC4CCN(CC5CCN(C(=O)OC(C)(C)C)CC5)CC4)cc3)cc12. The van der Waals surface area contributed by atoms with Gasteiger partial charge in [0.15, 0.2) is 0 Å². The van der Waals surface area contributed by atoms with Crippen LogP contribution in [0.1, 0.15) is 81.8 Å². The van der Waals surface area contributed by atoms with Gasteiger partial charge >= 0.3 is 18.2 Å². The Balaban J connectivity index is 0.972. The number of alkyl halides is 3. The van der Waals surface area contributed by atoms with Crippen LogP contribution in [-0.4, -0.2) is 93.3 Å². The molecule has 2 aromatic heterocycles. The first-order valence-corrected chi connectivity index (χ1v) is 21.2. The Hall–Kier alpha value is -6.10. The number of hydrogen-bond acceptors (Lipinski definition) is 9. The molecule has 17 heteroatoms. The summed E-state index contributed by atoms with van der Waals surface area (Å²) < 4.78 is 85.4. The molecular weight excluding hydrogens is 840 g/mol. The lowest BCUT2D eigenvalue weighted by Crippen LogP contribution is -2.45. The third-order valence-corrected chi connectivity index (χ3v) is 11.6. The molecule has 2 N–H and O–H groups in total. The number of ether oxygens (including phenoxy) is 3. The minimum absolute atomic E-state index is 0.0316. The lowest BCUT2D eigenvalue weighted by Gasteiger charge is -2.38. The van der Waals surface area contributed by atoms with E-state index in [9.17, 15) is 27.6 Å². The molecule has 2 fully saturated rings. The zero-order valence-electron chi connectivity index (χ0n) is 36.5. The van der Waals surface area contributed by atoms with Crippen molar-refractivity contribution in [3.63, 3.8) is 0 Å². The number of hydrogen-bond donors (Lipinski definition) is 2. The number of benzene rings is 3. The molecule has 3 aromatic carbocycles. The Morgan fingerprint density at radius 2 is 1.53 bits per heavy atom. The predicted molar refractivity (Wildman–Crippen MR) is 230 cm³/mol. The van der Waals surface area contributed by atoms with E-state index in [0.717, 1.165) is 107 Å². The maximum absolute atomic E-state index is 15.3. The van der Waals surface area contributed by atoms with Gasteiger partial charge in [0, 0.05) is 55.1 Å². The Kier molecular flexibility index (Phi) is 13.0. The molecule has 0 atom stereocenters. The first kappa shape index (κ1) is 45.9. The van der Waals surface area contributed by atoms with E-state index < -0.39 is 46.5 Å². The van der Waals surface area contributed by atoms with Crippen molar-refractivity contribution in [2.45, 2.75) is 90.7 Å². The molecule has 2 aliphatic heterocycles. The van der Waals surface area contributed by atoms with E-state index >= 15 is 8.78 Å². The van der Waals surface area contributed by atoms with Crippen LogP contribution in [0.2, 0.25) is 0 Å². The highest BCUT2D eigenvalue weighted by molar-refractivity contribution is 6.06. The summed E-state index contributed by atoms with van der Waals surface area (Å²) in [5.74, 6) is -3.90. The zero-order valence-corrected chi connectivity index (χ0v) is 36.5. The van der Waals surface area contributed by atoms with Crippen molar-refractivity contribution in [1.29, 1.82) is 0 Å². The molecule has 4 heterocycles. The molecule has 0 bridgehead atoms. The molecule has 2 amide bonds. The van der Waals surface area contributed by atoms with E-state index in [1.807, 2.05) is 56.0 Å². The second-order valence-electron chi connectivity index (χ2n) is 17.9. The fraction of sp³-hybridized carbons (Fsp3) is 0.426. The van der Waals surface area contributed by atoms with Crippen LogP contribution in [0.5, 0.6) is 5.75 Å². The largest absolute Gasteiger partial charge is 0.490 e. The van der Waals surface area contributed by atoms with Crippen molar-refractivity contribution in [3.05, 3.63) is 95.3 Å². The van der Waals surface area contributed by atoms with Gasteiger partial charge in [-0.15, -0.1) is 0 Å². The quantitative estimate of drug-likeness (QED) is 0.104. The summed E-state index contributed by atoms with van der Waals surface area (Å²) in [4.78, 5) is 53.7. The lowest BCUT2D eigenvalue weighted by atomic mass is 9.95. The number of aromatic nitrogens is 3. The van der Waals surface area contributed by atoms with Gasteiger partial charge in [-0.1, -0.05) is 6.07 Å². The van der Waals surface area contributed by atoms with E-state index in [1.165, 1.54) is 18.5 Å². The smallest absolute Gasteiger partial charge is 0.490 e. The van der Waals surface area contributed by atoms with Crippen LogP contribution in [0.3, 0.4) is 0 Å². The number of amides is 2. The van der Waals surface area contributed by atoms with Crippen LogP contribution in [0.4, 0.5) is 32.4 Å². The number of nitrogens with zero attached hydrogens (tertiary/aromatic N) is 4. The van der Waals surface area contributed by atoms with Gasteiger partial charge in [-0.25, -0.2) is 28.3 Å². The van der Waals surface area contributed by atoms with Gasteiger partial charge in [-0.05, 0) is 144 Å². The number of esters is 1. The Bertz CT molecular complexity index is 2520. The van der Waals surface area contributed by atoms with E-state index in [4.69, 9.17) is 9.47 Å². The Morgan fingerprint density at radius 3 is 2.17 bits per heavy atom. The number of rotatable bonds is 10. The molecule has 2 saturated heterocycles. The third-order valence-electron chi connectivity index (χ3n) is 11.6. The summed E-state index contributed by atoms with van der Waals surface area (Å²) in [6.45, 7) is 13.9. The standard InChI is InChI=1S/C47H51F5N6O6/c1-27-35(22-31(48)23-38(27)56-42(59)34-12-9-30(21-37(34)49)46(5,6)63-43(60)47(50,51)52)40-36-24-39(55-41(36)54-26-53-40)29-7-10-32(11-8-29)62-33-15-17-57(18-16-33)25-28-13-19-58(20-14-28)44(61)64-45(2,3)4/h7-12,21-24,26,28,33H,13-20,25H2,1-6H3,(H,56,59)(H,53,54,55). The number of halogens is 5. The van der Waals surface area contributed by atoms with Crippen molar-refractivity contribution in [1.82, 2.24) is 24.8 Å². The van der Waals surface area contributed by atoms with Crippen LogP contribution >= 0.6 is 0 Å². The summed E-state index contributed by atoms with van der Waals surface area (Å²) in [5, 5.41) is 3.12. The number of aromatic amines is 1. The summed E-state index contributed by atoms with van der Waals surface area (Å²) in [5.41, 5.74) is 0.263. The molecule has 0 saturated carbocycles. The Labute approximate surface area is 367 Å². The number of fused-ring (bicyclic) bond motifs is 1. The fourth-order valence-corrected chi connectivity index (χ4v) is 8.08. The first-order valence-electron chi connectivity index (χ1n) is 21.2. The van der Waals surface area contributed by atoms with Gasteiger partial charge in [0.1, 0.15) is 46.7 Å². The molecule has 340 valence electrons. The average Bonchev–Trinajstić information content (AvgIpc) is 3.67. The summed E-state index contributed by atoms with van der Waals surface area (Å²) in [7, 11) is 0. The van der Waals surface area contributed by atoms with Crippen molar-refractivity contribution >= 4 is 34.7 Å². The zero-order chi connectivity index (χ0) is 46.1. The van der Waals surface area contributed by atoms with Gasteiger partial charge in [0.25, 0.3) is 5.91 Å². The van der Waals surface area contributed by atoms with E-state index in [1.54, 1.807) is 6.92 Å². The predicted octanol–water partition coefficient (Wildman–Crippen LogP) is 9.96. The molecule has 2 aliphatic rings. The summed E-state index contributed by atoms with van der Waals surface area (Å²) >= 11 is 0. The molecule has 0 aliphatic carbocycles. The maximum Gasteiger partial charge on any atom is 0.490 e. The highest BCUT2D eigenvalue weighted by atomic mass is 19.4. The number of carbonyl (C=O) groups is 3. The second kappa shape index (κ2) is 18.2. The van der Waals surface area contributed by atoms with Crippen molar-refractivity contribution in [2.24, 2.45) is 5.92 Å². The molecule has 5 aromatic rings. The Morgan fingerprint density at radius 1 is 0.844 bits per heavy atom. The van der Waals surface area contributed by atoms with Crippen LogP contribution in [0.25, 0.3) is 33.5 Å². The second-order valence-corrected chi connectivity index (χ2v) is 17.9. The van der Waals surface area contributed by atoms with Gasteiger partial charge in [-0.3, -0.25) is 4.79 Å². The molecule has 64 heavy (non-hydrogen) atoms. The van der Waals surface area contributed by atoms with Crippen molar-refractivity contribution in [2.75, 3.05) is 38.0 Å². The van der Waals surface area contributed by atoms with E-state index in [0.29, 0.717) is 33.8 Å². The minimum atomic E-state index is -5.25. The van der Waals surface area contributed by atoms with E-state index in [2.05, 4.69) is 29.9 Å². The van der Waals surface area contributed by atoms with Crippen molar-refractivity contribution < 1.29 is 50.5 Å². The number of nitrogens with one attached hydrogen (secondary N) is 2. The average molecular weight is 891 g/mol. The topological polar surface area (TPSA) is 139 Å². The minimum Gasteiger partial charge on any atom is -0.490 e. The molecule has 7 rings (SSSR count). The molecule has 12 nitrogen and oxygen atoms in total. The van der Waals surface area contributed by atoms with Gasteiger partial charge in [0.05, 0.1) is 11.3 Å². The highest BCUT2D eigenvalue weighted by Gasteiger charge is 2.44. The summed E-state index contributed by atoms with van der Waals surface area (Å²) in [6.07, 6.45) is -0.319. The molecule has 0 spiro atoms. The van der Waals surface area contributed by atoms with Crippen LogP contribution in [-0.2, 0) is 19.9 Å². The molecule has 0 radical (unpaired) electrons. The number of likely N-dealkylation sites (tertiary alicyclic amines) is 2. The van der Waals surface area contributed by atoms with Crippen LogP contribution in [0, 0.1) is 24.5 Å². The molecular formula is C47H51F5N6O6. The van der Waals surface area contributed by atoms with Gasteiger partial charge < -0.3 is 34.3 Å². The number of anilines is 1. The third kappa shape index (κ3) is 10.8. The fourth-order valence-electron chi connectivity index (χ4n) is 8.08. The lowest BCUT2D eigenvalue weighted by molar-refractivity contribution is -0.212. The maximum atomic E-state index is 15.3. The van der Waals surface area contributed by atoms with Crippen LogP contribution < -0.4 is 10.1 Å². The number of carbonyl (C=O) groups excluding carboxylic acids is 3. The number of H-pyrrole nitrogens is 1. The van der Waals surface area contributed by atoms with Crippen molar-refractivity contribution in [3.8, 4) is 28.3 Å². The first-order chi connectivity index (χ1) is 30.1. The van der Waals surface area contributed by atoms with Gasteiger partial charge in [-0.2, -0.15) is 13.2 Å². The monoisotopic (exact) mass is 890 g/mol. The highest BCUT2D eigenvalue weighted by Crippen LogP contribution is 2.36. The number of piperidine rings is 2. The van der Waals surface area contributed by atoms with E-state index in [-0.39, 0.29) is 23.4 Å².